The number of nitrogen functional groups attached to an aromatic ring is 8. The van der Waals surface area contributed by atoms with Crippen molar-refractivity contribution in [1.29, 1.82) is 0 Å². The Hall–Kier alpha value is -6.37. The van der Waals surface area contributed by atoms with Crippen LogP contribution in [-0.4, -0.2) is 81.4 Å². The van der Waals surface area contributed by atoms with Crippen molar-refractivity contribution < 1.29 is 49.4 Å². The summed E-state index contributed by atoms with van der Waals surface area (Å²) in [6.45, 7) is 0. The average molecular weight is 1180 g/mol. The minimum Gasteiger partial charge on any atom is -0.413 e. The maximum atomic E-state index is 8.11. The standard InChI is InChI=1S/C48H48N8O12Si9/c49-33-1-17-41(18-2-33)70-58-72(43-21-5-35(51)6-22-43)62-74(45-25-9-37(53)10-26-45)60-71(57-69,42-19-3-34(50)4-20-42)61-75(46-27-11-38(54)12-28-46)63-73(59-70,44-23-7-36(52)8-24-44)65-76(64-72,47-29-13-39(55)14-30-47)68-77(66-74,67-75)48-31-15-40(56)16-32-48/h1-32H,49-56H2. The predicted octanol–water partition coefficient (Wildman–Crippen LogP) is -0.701. The second kappa shape index (κ2) is 19.2. The summed E-state index contributed by atoms with van der Waals surface area (Å²) in [6, 6.07) is 55.1. The van der Waals surface area contributed by atoms with Crippen LogP contribution < -0.4 is 87.4 Å². The highest BCUT2D eigenvalue weighted by Gasteiger charge is 2.82. The van der Waals surface area contributed by atoms with Gasteiger partial charge in [0.1, 0.15) is 0 Å². The zero-order valence-corrected chi connectivity index (χ0v) is 49.5. The van der Waals surface area contributed by atoms with E-state index in [4.69, 9.17) is 95.3 Å². The van der Waals surface area contributed by atoms with E-state index in [9.17, 15) is 0 Å². The van der Waals surface area contributed by atoms with Crippen LogP contribution in [-0.2, 0) is 49.4 Å². The molecule has 4 heterocycles. The predicted molar refractivity (Wildman–Crippen MR) is 309 cm³/mol. The summed E-state index contributed by atoms with van der Waals surface area (Å²) in [5.41, 5.74) is 55.2. The molecule has 4 aliphatic heterocycles. The summed E-state index contributed by atoms with van der Waals surface area (Å²) in [5.74, 6) is 0. The van der Waals surface area contributed by atoms with Crippen molar-refractivity contribution in [3.63, 3.8) is 0 Å². The van der Waals surface area contributed by atoms with E-state index in [1.54, 1.807) is 194 Å². The third-order valence-electron chi connectivity index (χ3n) is 13.0. The van der Waals surface area contributed by atoms with Crippen molar-refractivity contribution >= 4 is 168 Å². The van der Waals surface area contributed by atoms with Gasteiger partial charge < -0.3 is 95.3 Å². The average Bonchev–Trinajstić information content (AvgIpc) is 3.38. The molecule has 4 atom stereocenters. The molecule has 4 aliphatic rings. The van der Waals surface area contributed by atoms with E-state index in [2.05, 4.69) is 10.5 Å². The van der Waals surface area contributed by atoms with Gasteiger partial charge in [0, 0.05) is 81.8 Å². The molecular formula is C48H48N8O12Si9. The lowest BCUT2D eigenvalue weighted by Crippen LogP contribution is -2.92. The van der Waals surface area contributed by atoms with E-state index in [0.29, 0.717) is 87.0 Å². The van der Waals surface area contributed by atoms with Crippen LogP contribution in [0.3, 0.4) is 0 Å². The van der Waals surface area contributed by atoms with Crippen molar-refractivity contribution in [2.24, 2.45) is 0 Å². The fraction of sp³-hybridized carbons (Fsp3) is 0. The molecule has 388 valence electrons. The smallest absolute Gasteiger partial charge is 0.413 e. The van der Waals surface area contributed by atoms with Gasteiger partial charge in [0.25, 0.3) is 0 Å². The van der Waals surface area contributed by atoms with E-state index in [-0.39, 0.29) is 0 Å². The molecule has 20 nitrogen and oxygen atoms in total. The number of hydrogen-bond donors (Lipinski definition) is 8. The van der Waals surface area contributed by atoms with Gasteiger partial charge in [-0.15, -0.1) is 0 Å². The van der Waals surface area contributed by atoms with Crippen LogP contribution >= 0.6 is 0 Å². The molecular weight excluding hydrogens is 1130 g/mol. The second-order valence-corrected chi connectivity index (χ2v) is 41.2. The number of benzene rings is 8. The van der Waals surface area contributed by atoms with Crippen LogP contribution in [0.1, 0.15) is 0 Å². The van der Waals surface area contributed by atoms with Gasteiger partial charge in [0.2, 0.25) is 10.5 Å². The Morgan fingerprint density at radius 3 is 0.701 bits per heavy atom. The first-order chi connectivity index (χ1) is 37.0. The molecule has 29 heteroatoms. The molecule has 6 bridgehead atoms. The zero-order chi connectivity index (χ0) is 53.4. The molecule has 12 rings (SSSR count). The van der Waals surface area contributed by atoms with E-state index in [0.717, 1.165) is 0 Å². The third-order valence-corrected chi connectivity index (χ3v) is 45.1. The first-order valence-corrected chi connectivity index (χ1v) is 37.6. The van der Waals surface area contributed by atoms with Gasteiger partial charge in [-0.2, -0.15) is 0 Å². The van der Waals surface area contributed by atoms with Crippen LogP contribution in [0.2, 0.25) is 0 Å². The largest absolute Gasteiger partial charge is 0.515 e. The van der Waals surface area contributed by atoms with Crippen LogP contribution in [0.25, 0.3) is 0 Å². The van der Waals surface area contributed by atoms with Gasteiger partial charge >= 0.3 is 70.9 Å². The minimum absolute atomic E-state index is 0.331. The minimum atomic E-state index is -5.15. The number of fused-ring (bicyclic) bond motifs is 4. The molecule has 8 aromatic rings. The van der Waals surface area contributed by atoms with Gasteiger partial charge in [0.05, 0.1) is 0 Å². The Balaban J connectivity index is 1.31. The maximum absolute atomic E-state index is 8.11. The van der Waals surface area contributed by atoms with Crippen LogP contribution in [0.5, 0.6) is 0 Å². The Morgan fingerprint density at radius 2 is 0.455 bits per heavy atom. The molecule has 8 aromatic carbocycles. The highest BCUT2D eigenvalue weighted by atomic mass is 28.6. The van der Waals surface area contributed by atoms with Gasteiger partial charge in [0.15, 0.2) is 0 Å². The Labute approximate surface area is 455 Å². The molecule has 4 saturated heterocycles. The van der Waals surface area contributed by atoms with Gasteiger partial charge in [-0.1, -0.05) is 97.1 Å². The monoisotopic (exact) mass is 1180 g/mol. The molecule has 16 N–H and O–H groups in total. The molecule has 4 unspecified atom stereocenters. The maximum Gasteiger partial charge on any atom is 0.515 e. The summed E-state index contributed by atoms with van der Waals surface area (Å²) >= 11 is 0. The first-order valence-electron chi connectivity index (χ1n) is 23.8. The van der Waals surface area contributed by atoms with Gasteiger partial charge in [-0.3, -0.25) is 0 Å². The van der Waals surface area contributed by atoms with E-state index in [1.807, 2.05) is 0 Å². The Morgan fingerprint density at radius 1 is 0.260 bits per heavy atom. The lowest BCUT2D eigenvalue weighted by Gasteiger charge is -2.59. The molecule has 4 fully saturated rings. The van der Waals surface area contributed by atoms with E-state index in [1.165, 1.54) is 0 Å². The van der Waals surface area contributed by atoms with Crippen molar-refractivity contribution in [2.75, 3.05) is 45.9 Å². The fourth-order valence-electron chi connectivity index (χ4n) is 9.08. The molecule has 0 saturated carbocycles. The Kier molecular flexibility index (Phi) is 12.8. The van der Waals surface area contributed by atoms with Crippen LogP contribution in [0.15, 0.2) is 194 Å². The number of nitrogens with two attached hydrogens (primary N) is 8. The zero-order valence-electron chi connectivity index (χ0n) is 40.5. The van der Waals surface area contributed by atoms with E-state index < -0.39 is 70.9 Å². The van der Waals surface area contributed by atoms with Crippen molar-refractivity contribution in [3.8, 4) is 0 Å². The normalized spacial score (nSPS) is 29.1. The highest BCUT2D eigenvalue weighted by molar-refractivity contribution is 7.11. The molecule has 0 aliphatic carbocycles. The topological polar surface area (TPSA) is 319 Å². The van der Waals surface area contributed by atoms with Crippen LogP contribution in [0.4, 0.5) is 45.5 Å². The molecule has 0 spiro atoms. The van der Waals surface area contributed by atoms with Crippen molar-refractivity contribution in [1.82, 2.24) is 0 Å². The molecule has 0 aromatic heterocycles. The summed E-state index contributed by atoms with van der Waals surface area (Å²) in [5, 5.41) is 3.02. The first kappa shape index (κ1) is 51.4. The number of rotatable bonds is 9. The quantitative estimate of drug-likeness (QED) is 0.0654. The Bertz CT molecular complexity index is 3340. The fourth-order valence-corrected chi connectivity index (χ4v) is 51.0. The number of hydrogen-bond acceptors (Lipinski definition) is 20. The lowest BCUT2D eigenvalue weighted by molar-refractivity contribution is 0.0299. The summed E-state index contributed by atoms with van der Waals surface area (Å²) < 4.78 is 94.9. The third kappa shape index (κ3) is 9.14. The van der Waals surface area contributed by atoms with Gasteiger partial charge in [-0.25, -0.2) is 0 Å². The van der Waals surface area contributed by atoms with Crippen molar-refractivity contribution in [2.45, 2.75) is 0 Å². The summed E-state index contributed by atoms with van der Waals surface area (Å²) in [4.78, 5) is 0. The molecule has 4 radical (unpaired) electrons. The SMILES string of the molecule is Nc1ccc([Si]2O[Si]3(c4ccc(N)cc4)O[Si]4(c5ccc(N)cc5)O[Si](O[Si])(c5ccc(N)cc5)O[Si]5(c6ccc(N)cc6)O[Si](c6ccc(N)cc6)(O2)O[Si](c2ccc(N)cc2)(O3)O[Si](c2ccc(N)cc2)(O4)O5)cc1. The summed E-state index contributed by atoms with van der Waals surface area (Å²) in [7, 11) is -35.0. The highest BCUT2D eigenvalue weighted by Crippen LogP contribution is 2.45. The number of anilines is 8. The molecule has 0 amide bonds. The molecule has 77 heavy (non-hydrogen) atoms. The van der Waals surface area contributed by atoms with E-state index >= 15 is 0 Å². The van der Waals surface area contributed by atoms with Crippen LogP contribution in [0, 0.1) is 0 Å². The second-order valence-electron chi connectivity index (χ2n) is 18.4. The van der Waals surface area contributed by atoms with Gasteiger partial charge in [-0.05, 0) is 102 Å². The summed E-state index contributed by atoms with van der Waals surface area (Å²) in [6.07, 6.45) is 0. The lowest BCUT2D eigenvalue weighted by atomic mass is 10.3. The van der Waals surface area contributed by atoms with Crippen molar-refractivity contribution in [3.05, 3.63) is 194 Å².